The van der Waals surface area contributed by atoms with E-state index in [1.165, 1.54) is 24.1 Å². The lowest BCUT2D eigenvalue weighted by atomic mass is 10.1. The quantitative estimate of drug-likeness (QED) is 0.656. The number of hydrogen-bond acceptors (Lipinski definition) is 5. The molecule has 1 amide bonds. The first-order valence-electron chi connectivity index (χ1n) is 6.42. The number of nitro groups is 1. The third-order valence-electron chi connectivity index (χ3n) is 3.50. The van der Waals surface area contributed by atoms with Crippen LogP contribution in [0.4, 0.5) is 11.4 Å². The predicted octanol–water partition coefficient (Wildman–Crippen LogP) is 1.89. The third-order valence-corrected chi connectivity index (χ3v) is 3.80. The van der Waals surface area contributed by atoms with Gasteiger partial charge in [0.1, 0.15) is 5.69 Å². The van der Waals surface area contributed by atoms with Crippen LogP contribution in [0.25, 0.3) is 0 Å². The molecule has 2 rings (SSSR count). The summed E-state index contributed by atoms with van der Waals surface area (Å²) in [5.74, 6) is -0.375. The Bertz CT molecular complexity index is 603. The van der Waals surface area contributed by atoms with Crippen molar-refractivity contribution < 1.29 is 14.8 Å². The van der Waals surface area contributed by atoms with Gasteiger partial charge in [-0.3, -0.25) is 14.9 Å². The summed E-state index contributed by atoms with van der Waals surface area (Å²) in [6.45, 7) is 2.26. The fourth-order valence-corrected chi connectivity index (χ4v) is 2.72. The Kier molecular flexibility index (Phi) is 4.06. The average Bonchev–Trinajstić information content (AvgIpc) is 2.77. The maximum atomic E-state index is 12.4. The molecule has 1 unspecified atom stereocenters. The second-order valence-electron chi connectivity index (χ2n) is 5.33. The smallest absolute Gasteiger partial charge is 0.294 e. The van der Waals surface area contributed by atoms with Crippen molar-refractivity contribution in [2.75, 3.05) is 25.5 Å². The Morgan fingerprint density at radius 1 is 1.57 bits per heavy atom. The normalized spacial score (nSPS) is 21.4. The summed E-state index contributed by atoms with van der Waals surface area (Å²) in [4.78, 5) is 24.3. The van der Waals surface area contributed by atoms with Crippen molar-refractivity contribution >= 4 is 28.9 Å². The number of nitro benzene ring substituents is 1. The molecule has 0 aromatic heterocycles. The molecule has 1 heterocycles. The molecule has 1 aromatic carbocycles. The standard InChI is InChI=1S/C13H16ClN3O4/c1-13(19)3-4-16(7-13)12(18)8-5-9(14)11(15-2)10(6-8)17(20)21/h5-6,15,19H,3-4,7H2,1-2H3. The average molecular weight is 314 g/mol. The van der Waals surface area contributed by atoms with Crippen molar-refractivity contribution in [3.8, 4) is 0 Å². The zero-order valence-corrected chi connectivity index (χ0v) is 12.5. The van der Waals surface area contributed by atoms with Crippen LogP contribution < -0.4 is 5.32 Å². The number of benzene rings is 1. The highest BCUT2D eigenvalue weighted by Gasteiger charge is 2.35. The number of nitrogens with one attached hydrogen (secondary N) is 1. The SMILES string of the molecule is CNc1c(Cl)cc(C(=O)N2CCC(C)(O)C2)cc1[N+](=O)[O-]. The molecular formula is C13H16ClN3O4. The fraction of sp³-hybridized carbons (Fsp3) is 0.462. The Morgan fingerprint density at radius 2 is 2.24 bits per heavy atom. The molecule has 1 atom stereocenters. The number of carbonyl (C=O) groups is 1. The van der Waals surface area contributed by atoms with Crippen LogP contribution in [0, 0.1) is 10.1 Å². The summed E-state index contributed by atoms with van der Waals surface area (Å²) in [7, 11) is 1.52. The summed E-state index contributed by atoms with van der Waals surface area (Å²) in [6.07, 6.45) is 0.475. The first-order chi connectivity index (χ1) is 9.75. The highest BCUT2D eigenvalue weighted by atomic mass is 35.5. The molecule has 8 heteroatoms. The van der Waals surface area contributed by atoms with Gasteiger partial charge >= 0.3 is 0 Å². The number of anilines is 1. The third kappa shape index (κ3) is 3.08. The summed E-state index contributed by atoms with van der Waals surface area (Å²) < 4.78 is 0. The lowest BCUT2D eigenvalue weighted by Gasteiger charge is -2.19. The van der Waals surface area contributed by atoms with E-state index >= 15 is 0 Å². The van der Waals surface area contributed by atoms with E-state index in [0.29, 0.717) is 13.0 Å². The highest BCUT2D eigenvalue weighted by molar-refractivity contribution is 6.34. The largest absolute Gasteiger partial charge is 0.388 e. The van der Waals surface area contributed by atoms with Gasteiger partial charge in [0.05, 0.1) is 15.5 Å². The minimum absolute atomic E-state index is 0.112. The first kappa shape index (κ1) is 15.5. The van der Waals surface area contributed by atoms with Crippen molar-refractivity contribution in [1.82, 2.24) is 4.90 Å². The highest BCUT2D eigenvalue weighted by Crippen LogP contribution is 2.34. The Labute approximate surface area is 126 Å². The van der Waals surface area contributed by atoms with E-state index in [2.05, 4.69) is 5.32 Å². The Morgan fingerprint density at radius 3 is 2.71 bits per heavy atom. The van der Waals surface area contributed by atoms with Crippen LogP contribution in [-0.4, -0.2) is 46.6 Å². The number of carbonyl (C=O) groups excluding carboxylic acids is 1. The number of nitrogens with zero attached hydrogens (tertiary/aromatic N) is 2. The van der Waals surface area contributed by atoms with Crippen molar-refractivity contribution in [2.24, 2.45) is 0 Å². The van der Waals surface area contributed by atoms with Gasteiger partial charge in [-0.1, -0.05) is 11.6 Å². The first-order valence-corrected chi connectivity index (χ1v) is 6.80. The number of aliphatic hydroxyl groups is 1. The summed E-state index contributed by atoms with van der Waals surface area (Å²) in [5, 5.41) is 23.7. The predicted molar refractivity (Wildman–Crippen MR) is 78.8 cm³/mol. The minimum Gasteiger partial charge on any atom is -0.388 e. The topological polar surface area (TPSA) is 95.7 Å². The number of amides is 1. The van der Waals surface area contributed by atoms with Gasteiger partial charge in [-0.2, -0.15) is 0 Å². The molecule has 1 fully saturated rings. The number of rotatable bonds is 3. The van der Waals surface area contributed by atoms with Crippen LogP contribution in [0.2, 0.25) is 5.02 Å². The molecule has 114 valence electrons. The van der Waals surface area contributed by atoms with Gasteiger partial charge in [-0.25, -0.2) is 0 Å². The van der Waals surface area contributed by atoms with Gasteiger partial charge in [-0.05, 0) is 19.4 Å². The van der Waals surface area contributed by atoms with Crippen LogP contribution in [0.5, 0.6) is 0 Å². The van der Waals surface area contributed by atoms with E-state index in [-0.39, 0.29) is 34.4 Å². The van der Waals surface area contributed by atoms with E-state index in [4.69, 9.17) is 11.6 Å². The van der Waals surface area contributed by atoms with Crippen LogP contribution in [0.3, 0.4) is 0 Å². The number of hydrogen-bond donors (Lipinski definition) is 2. The molecule has 0 radical (unpaired) electrons. The molecule has 21 heavy (non-hydrogen) atoms. The van der Waals surface area contributed by atoms with Gasteiger partial charge in [0.15, 0.2) is 0 Å². The van der Waals surface area contributed by atoms with Crippen LogP contribution in [-0.2, 0) is 0 Å². The molecular weight excluding hydrogens is 298 g/mol. The number of β-amino-alcohol motifs (C(OH)–C–C–N with tert-alkyl or cyclic N) is 1. The van der Waals surface area contributed by atoms with Crippen LogP contribution in [0.15, 0.2) is 12.1 Å². The van der Waals surface area contributed by atoms with E-state index < -0.39 is 10.5 Å². The van der Waals surface area contributed by atoms with E-state index in [0.717, 1.165) is 0 Å². The zero-order chi connectivity index (χ0) is 15.8. The minimum atomic E-state index is -0.920. The molecule has 0 spiro atoms. The molecule has 0 bridgehead atoms. The van der Waals surface area contributed by atoms with Gasteiger partial charge in [0.25, 0.3) is 11.6 Å². The second kappa shape index (κ2) is 5.50. The maximum absolute atomic E-state index is 12.4. The number of likely N-dealkylation sites (tertiary alicyclic amines) is 1. The fourth-order valence-electron chi connectivity index (χ4n) is 2.41. The monoisotopic (exact) mass is 313 g/mol. The molecule has 1 aromatic rings. The summed E-state index contributed by atoms with van der Waals surface area (Å²) in [6, 6.07) is 2.60. The molecule has 1 saturated heterocycles. The Hall–Kier alpha value is -1.86. The van der Waals surface area contributed by atoms with Crippen LogP contribution in [0.1, 0.15) is 23.7 Å². The zero-order valence-electron chi connectivity index (χ0n) is 11.7. The van der Waals surface area contributed by atoms with E-state index in [1.807, 2.05) is 0 Å². The van der Waals surface area contributed by atoms with Crippen molar-refractivity contribution in [3.05, 3.63) is 32.8 Å². The van der Waals surface area contributed by atoms with E-state index in [9.17, 15) is 20.0 Å². The second-order valence-corrected chi connectivity index (χ2v) is 5.74. The molecule has 7 nitrogen and oxygen atoms in total. The maximum Gasteiger partial charge on any atom is 0.294 e. The van der Waals surface area contributed by atoms with Gasteiger partial charge < -0.3 is 15.3 Å². The molecule has 2 N–H and O–H groups in total. The Balaban J connectivity index is 2.37. The van der Waals surface area contributed by atoms with Crippen molar-refractivity contribution in [2.45, 2.75) is 18.9 Å². The molecule has 1 aliphatic heterocycles. The summed E-state index contributed by atoms with van der Waals surface area (Å²) in [5.41, 5.74) is -0.856. The molecule has 1 aliphatic rings. The summed E-state index contributed by atoms with van der Waals surface area (Å²) >= 11 is 6.00. The van der Waals surface area contributed by atoms with Crippen LogP contribution >= 0.6 is 11.6 Å². The van der Waals surface area contributed by atoms with E-state index in [1.54, 1.807) is 6.92 Å². The van der Waals surface area contributed by atoms with Gasteiger partial charge in [0.2, 0.25) is 0 Å². The van der Waals surface area contributed by atoms with Crippen molar-refractivity contribution in [3.63, 3.8) is 0 Å². The number of halogens is 1. The molecule has 0 aliphatic carbocycles. The molecule has 0 saturated carbocycles. The van der Waals surface area contributed by atoms with Gasteiger partial charge in [-0.15, -0.1) is 0 Å². The lowest BCUT2D eigenvalue weighted by molar-refractivity contribution is -0.384. The van der Waals surface area contributed by atoms with Crippen molar-refractivity contribution in [1.29, 1.82) is 0 Å². The lowest BCUT2D eigenvalue weighted by Crippen LogP contribution is -2.33. The van der Waals surface area contributed by atoms with Gasteiger partial charge in [0, 0.05) is 31.8 Å².